The van der Waals surface area contributed by atoms with Crippen molar-refractivity contribution in [3.63, 3.8) is 0 Å². The van der Waals surface area contributed by atoms with E-state index in [0.29, 0.717) is 12.2 Å². The molecule has 0 fully saturated rings. The second-order valence-electron chi connectivity index (χ2n) is 3.78. The number of carbonyl (C=O) groups excluding carboxylic acids is 1. The first-order valence-corrected chi connectivity index (χ1v) is 5.52. The summed E-state index contributed by atoms with van der Waals surface area (Å²) in [6.45, 7) is 3.91. The molecule has 0 saturated heterocycles. The van der Waals surface area contributed by atoms with Crippen LogP contribution in [0.1, 0.15) is 38.9 Å². The molecule has 1 aromatic heterocycles. The predicted octanol–water partition coefficient (Wildman–Crippen LogP) is 2.41. The van der Waals surface area contributed by atoms with Gasteiger partial charge in [-0.2, -0.15) is 0 Å². The second-order valence-corrected chi connectivity index (χ2v) is 3.78. The standard InChI is InChI=1S/C12H18N2O/c1-3-11(15)10(2)6-4-7-12-13-8-5-9-14-12/h5,8-10H,3-4,6-7H2,1-2H3. The minimum absolute atomic E-state index is 0.179. The van der Waals surface area contributed by atoms with Gasteiger partial charge in [0.15, 0.2) is 0 Å². The highest BCUT2D eigenvalue weighted by Gasteiger charge is 2.10. The van der Waals surface area contributed by atoms with Gasteiger partial charge in [0.25, 0.3) is 0 Å². The minimum atomic E-state index is 0.179. The topological polar surface area (TPSA) is 42.9 Å². The van der Waals surface area contributed by atoms with Gasteiger partial charge in [-0.3, -0.25) is 4.79 Å². The number of rotatable bonds is 6. The summed E-state index contributed by atoms with van der Waals surface area (Å²) >= 11 is 0. The highest BCUT2D eigenvalue weighted by molar-refractivity contribution is 5.80. The number of aromatic nitrogens is 2. The van der Waals surface area contributed by atoms with E-state index in [9.17, 15) is 4.79 Å². The number of nitrogens with zero attached hydrogens (tertiary/aromatic N) is 2. The van der Waals surface area contributed by atoms with E-state index in [1.54, 1.807) is 12.4 Å². The summed E-state index contributed by atoms with van der Waals surface area (Å²) in [5.41, 5.74) is 0. The van der Waals surface area contributed by atoms with E-state index in [1.165, 1.54) is 0 Å². The number of carbonyl (C=O) groups is 1. The average molecular weight is 206 g/mol. The number of Topliss-reactive ketones (excluding diaryl/α,β-unsaturated/α-hetero) is 1. The molecule has 0 bridgehead atoms. The molecule has 0 radical (unpaired) electrons. The molecule has 0 aromatic carbocycles. The molecule has 0 N–H and O–H groups in total. The van der Waals surface area contributed by atoms with Crippen molar-refractivity contribution in [1.29, 1.82) is 0 Å². The lowest BCUT2D eigenvalue weighted by atomic mass is 9.98. The smallest absolute Gasteiger partial charge is 0.135 e. The van der Waals surface area contributed by atoms with E-state index in [0.717, 1.165) is 25.1 Å². The molecular weight excluding hydrogens is 188 g/mol. The van der Waals surface area contributed by atoms with E-state index in [4.69, 9.17) is 0 Å². The Kier molecular flexibility index (Phi) is 4.95. The highest BCUT2D eigenvalue weighted by Crippen LogP contribution is 2.10. The molecule has 82 valence electrons. The molecule has 0 aliphatic rings. The Bertz CT molecular complexity index is 298. The fourth-order valence-corrected chi connectivity index (χ4v) is 1.53. The molecule has 1 heterocycles. The van der Waals surface area contributed by atoms with E-state index >= 15 is 0 Å². The largest absolute Gasteiger partial charge is 0.299 e. The first-order valence-electron chi connectivity index (χ1n) is 5.52. The number of hydrogen-bond donors (Lipinski definition) is 0. The summed E-state index contributed by atoms with van der Waals surface area (Å²) < 4.78 is 0. The second kappa shape index (κ2) is 6.27. The molecule has 15 heavy (non-hydrogen) atoms. The molecule has 0 spiro atoms. The zero-order valence-corrected chi connectivity index (χ0v) is 9.44. The fourth-order valence-electron chi connectivity index (χ4n) is 1.53. The van der Waals surface area contributed by atoms with Gasteiger partial charge in [-0.15, -0.1) is 0 Å². The van der Waals surface area contributed by atoms with Crippen molar-refractivity contribution in [3.8, 4) is 0 Å². The van der Waals surface area contributed by atoms with Crippen LogP contribution in [0.3, 0.4) is 0 Å². The maximum absolute atomic E-state index is 11.3. The Labute approximate surface area is 91.0 Å². The van der Waals surface area contributed by atoms with Crippen LogP contribution in [0.15, 0.2) is 18.5 Å². The molecule has 1 atom stereocenters. The van der Waals surface area contributed by atoms with E-state index in [2.05, 4.69) is 9.97 Å². The lowest BCUT2D eigenvalue weighted by Crippen LogP contribution is -2.09. The lowest BCUT2D eigenvalue weighted by Gasteiger charge is -2.07. The van der Waals surface area contributed by atoms with E-state index in [-0.39, 0.29) is 5.92 Å². The average Bonchev–Trinajstić information content (AvgIpc) is 2.29. The third-order valence-electron chi connectivity index (χ3n) is 2.55. The SMILES string of the molecule is CCC(=O)C(C)CCCc1ncccn1. The Morgan fingerprint density at radius 2 is 2.07 bits per heavy atom. The summed E-state index contributed by atoms with van der Waals surface area (Å²) in [5.74, 6) is 1.40. The Balaban J connectivity index is 2.25. The molecule has 1 aromatic rings. The normalized spacial score (nSPS) is 12.4. The molecule has 0 saturated carbocycles. The quantitative estimate of drug-likeness (QED) is 0.717. The number of hydrogen-bond acceptors (Lipinski definition) is 3. The molecule has 3 heteroatoms. The molecule has 0 aliphatic carbocycles. The molecule has 0 amide bonds. The number of aryl methyl sites for hydroxylation is 1. The lowest BCUT2D eigenvalue weighted by molar-refractivity contribution is -0.122. The summed E-state index contributed by atoms with van der Waals surface area (Å²) in [5, 5.41) is 0. The van der Waals surface area contributed by atoms with Crippen LogP contribution in [-0.2, 0) is 11.2 Å². The third kappa shape index (κ3) is 4.19. The summed E-state index contributed by atoms with van der Waals surface area (Å²) in [4.78, 5) is 19.6. The Morgan fingerprint density at radius 3 is 2.67 bits per heavy atom. The van der Waals surface area contributed by atoms with Gasteiger partial charge in [0.05, 0.1) is 0 Å². The first-order chi connectivity index (χ1) is 7.24. The molecule has 3 nitrogen and oxygen atoms in total. The van der Waals surface area contributed by atoms with Gasteiger partial charge in [0.1, 0.15) is 11.6 Å². The first kappa shape index (κ1) is 11.8. The summed E-state index contributed by atoms with van der Waals surface area (Å²) in [6.07, 6.45) is 6.93. The number of ketones is 1. The van der Waals surface area contributed by atoms with Gasteiger partial charge >= 0.3 is 0 Å². The van der Waals surface area contributed by atoms with Crippen LogP contribution >= 0.6 is 0 Å². The van der Waals surface area contributed by atoms with Crippen molar-refractivity contribution in [1.82, 2.24) is 9.97 Å². The van der Waals surface area contributed by atoms with Gasteiger partial charge in [0, 0.05) is 31.2 Å². The summed E-state index contributed by atoms with van der Waals surface area (Å²) in [6, 6.07) is 1.81. The van der Waals surface area contributed by atoms with Crippen molar-refractivity contribution < 1.29 is 4.79 Å². The fraction of sp³-hybridized carbons (Fsp3) is 0.583. The maximum atomic E-state index is 11.3. The zero-order chi connectivity index (χ0) is 11.1. The van der Waals surface area contributed by atoms with Crippen molar-refractivity contribution in [2.75, 3.05) is 0 Å². The van der Waals surface area contributed by atoms with Crippen LogP contribution in [0.4, 0.5) is 0 Å². The van der Waals surface area contributed by atoms with Crippen molar-refractivity contribution in [2.45, 2.75) is 39.5 Å². The van der Waals surface area contributed by atoms with Gasteiger partial charge in [-0.1, -0.05) is 13.8 Å². The molecule has 0 aliphatic heterocycles. The minimum Gasteiger partial charge on any atom is -0.299 e. The molecular formula is C12H18N2O. The zero-order valence-electron chi connectivity index (χ0n) is 9.44. The van der Waals surface area contributed by atoms with Crippen molar-refractivity contribution in [2.24, 2.45) is 5.92 Å². The van der Waals surface area contributed by atoms with Crippen LogP contribution in [0.5, 0.6) is 0 Å². The van der Waals surface area contributed by atoms with Gasteiger partial charge in [0.2, 0.25) is 0 Å². The van der Waals surface area contributed by atoms with Crippen LogP contribution in [0, 0.1) is 5.92 Å². The van der Waals surface area contributed by atoms with Gasteiger partial charge < -0.3 is 0 Å². The Hall–Kier alpha value is -1.25. The molecule has 1 unspecified atom stereocenters. The van der Waals surface area contributed by atoms with E-state index in [1.807, 2.05) is 19.9 Å². The van der Waals surface area contributed by atoms with Gasteiger partial charge in [-0.25, -0.2) is 9.97 Å². The van der Waals surface area contributed by atoms with Crippen molar-refractivity contribution in [3.05, 3.63) is 24.3 Å². The summed E-state index contributed by atoms with van der Waals surface area (Å²) in [7, 11) is 0. The Morgan fingerprint density at radius 1 is 1.40 bits per heavy atom. The van der Waals surface area contributed by atoms with Crippen LogP contribution < -0.4 is 0 Å². The highest BCUT2D eigenvalue weighted by atomic mass is 16.1. The maximum Gasteiger partial charge on any atom is 0.135 e. The third-order valence-corrected chi connectivity index (χ3v) is 2.55. The van der Waals surface area contributed by atoms with Gasteiger partial charge in [-0.05, 0) is 18.9 Å². The van der Waals surface area contributed by atoms with Crippen molar-refractivity contribution >= 4 is 5.78 Å². The monoisotopic (exact) mass is 206 g/mol. The van der Waals surface area contributed by atoms with E-state index < -0.39 is 0 Å². The van der Waals surface area contributed by atoms with Crippen LogP contribution in [-0.4, -0.2) is 15.8 Å². The van der Waals surface area contributed by atoms with Crippen LogP contribution in [0.25, 0.3) is 0 Å². The van der Waals surface area contributed by atoms with Crippen LogP contribution in [0.2, 0.25) is 0 Å². The predicted molar refractivity (Wildman–Crippen MR) is 59.4 cm³/mol. The molecule has 1 rings (SSSR count).